The average molecular weight is 610 g/mol. The van der Waals surface area contributed by atoms with Crippen molar-refractivity contribution in [1.29, 1.82) is 0 Å². The number of thioether (sulfide) groups is 1. The third kappa shape index (κ3) is 9.13. The fourth-order valence-corrected chi connectivity index (χ4v) is 4.59. The van der Waals surface area contributed by atoms with Gasteiger partial charge in [0.25, 0.3) is 17.5 Å². The smallest absolute Gasteiger partial charge is 0.276 e. The molecule has 4 aromatic rings. The van der Waals surface area contributed by atoms with Gasteiger partial charge in [-0.2, -0.15) is 0 Å². The quantitative estimate of drug-likeness (QED) is 0.0735. The molecule has 44 heavy (non-hydrogen) atoms. The molecule has 0 spiro atoms. The third-order valence-corrected chi connectivity index (χ3v) is 6.95. The molecule has 0 unspecified atom stereocenters. The summed E-state index contributed by atoms with van der Waals surface area (Å²) in [6.07, 6.45) is 1.25. The number of nitrogens with zero attached hydrogens (tertiary/aromatic N) is 1. The minimum absolute atomic E-state index is 0.132. The number of nitrogens with one attached hydrogen (secondary N) is 4. The molecular weight excluding hydrogens is 582 g/mol. The Labute approximate surface area is 256 Å². The van der Waals surface area contributed by atoms with Gasteiger partial charge in [-0.25, -0.2) is 0 Å². The van der Waals surface area contributed by atoms with Crippen LogP contribution in [0.4, 0.5) is 22.7 Å². The lowest BCUT2D eigenvalue weighted by molar-refractivity contribution is -0.385. The van der Waals surface area contributed by atoms with Crippen molar-refractivity contribution in [2.24, 2.45) is 0 Å². The standard InChI is InChI=1S/C32H27N5O6S/c1-21(38)33-24-11-13-25(14-12-24)34-30(39)20-44-27-17-15-26(16-18-27)35-32(41)28(36-31(40)22-7-3-2-4-8-22)19-23-9-5-6-10-29(23)37(42)43/h2-19H,20H2,1H3,(H,33,38)(H,34,39)(H,35,41)(H,36,40)/b28-19-. The lowest BCUT2D eigenvalue weighted by atomic mass is 10.1. The Bertz CT molecular complexity index is 1710. The molecule has 0 atom stereocenters. The molecule has 0 heterocycles. The molecule has 0 aliphatic carbocycles. The normalized spacial score (nSPS) is 10.8. The second-order valence-electron chi connectivity index (χ2n) is 9.27. The lowest BCUT2D eigenvalue weighted by Crippen LogP contribution is -2.30. The minimum atomic E-state index is -0.684. The Kier molecular flexibility index (Phi) is 10.6. The molecule has 12 heteroatoms. The SMILES string of the molecule is CC(=O)Nc1ccc(NC(=O)CSc2ccc(NC(=O)/C(=C/c3ccccc3[N+](=O)[O-])NC(=O)c3ccccc3)cc2)cc1. The number of nitro benzene ring substituents is 1. The average Bonchev–Trinajstić information content (AvgIpc) is 3.01. The van der Waals surface area contributed by atoms with Crippen molar-refractivity contribution in [2.75, 3.05) is 21.7 Å². The molecule has 0 aliphatic heterocycles. The summed E-state index contributed by atoms with van der Waals surface area (Å²) in [5.41, 5.74) is 1.66. The zero-order valence-electron chi connectivity index (χ0n) is 23.4. The van der Waals surface area contributed by atoms with Crippen molar-refractivity contribution < 1.29 is 24.1 Å². The highest BCUT2D eigenvalue weighted by Crippen LogP contribution is 2.23. The summed E-state index contributed by atoms with van der Waals surface area (Å²) in [7, 11) is 0. The van der Waals surface area contributed by atoms with Crippen LogP contribution in [0.3, 0.4) is 0 Å². The van der Waals surface area contributed by atoms with Crippen molar-refractivity contribution in [3.8, 4) is 0 Å². The van der Waals surface area contributed by atoms with E-state index in [0.29, 0.717) is 22.6 Å². The number of hydrogen-bond donors (Lipinski definition) is 4. The van der Waals surface area contributed by atoms with Crippen LogP contribution in [0.5, 0.6) is 0 Å². The van der Waals surface area contributed by atoms with E-state index >= 15 is 0 Å². The van der Waals surface area contributed by atoms with Crippen LogP contribution in [-0.4, -0.2) is 34.3 Å². The number of benzene rings is 4. The van der Waals surface area contributed by atoms with Gasteiger partial charge in [0.15, 0.2) is 0 Å². The van der Waals surface area contributed by atoms with Crippen LogP contribution in [0.2, 0.25) is 0 Å². The molecule has 0 radical (unpaired) electrons. The number of anilines is 3. The molecule has 0 bridgehead atoms. The summed E-state index contributed by atoms with van der Waals surface area (Å²) in [6, 6.07) is 27.6. The summed E-state index contributed by atoms with van der Waals surface area (Å²) in [4.78, 5) is 61.4. The Morgan fingerprint density at radius 3 is 1.95 bits per heavy atom. The van der Waals surface area contributed by atoms with Crippen molar-refractivity contribution >= 4 is 64.2 Å². The van der Waals surface area contributed by atoms with E-state index < -0.39 is 16.7 Å². The first-order chi connectivity index (χ1) is 21.2. The molecular formula is C32H27N5O6S. The first-order valence-electron chi connectivity index (χ1n) is 13.2. The fraction of sp³-hybridized carbons (Fsp3) is 0.0625. The van der Waals surface area contributed by atoms with E-state index in [1.54, 1.807) is 84.9 Å². The Balaban J connectivity index is 1.41. The molecule has 222 valence electrons. The molecule has 0 saturated carbocycles. The van der Waals surface area contributed by atoms with Crippen molar-refractivity contribution in [2.45, 2.75) is 11.8 Å². The number of carbonyl (C=O) groups is 4. The van der Waals surface area contributed by atoms with Crippen LogP contribution in [0.1, 0.15) is 22.8 Å². The summed E-state index contributed by atoms with van der Waals surface area (Å²) in [5, 5.41) is 22.2. The number of hydrogen-bond acceptors (Lipinski definition) is 7. The van der Waals surface area contributed by atoms with Crippen molar-refractivity contribution in [1.82, 2.24) is 5.32 Å². The summed E-state index contributed by atoms with van der Waals surface area (Å²) in [5.74, 6) is -1.52. The van der Waals surface area contributed by atoms with E-state index in [1.165, 1.54) is 43.0 Å². The third-order valence-electron chi connectivity index (χ3n) is 5.93. The topological polar surface area (TPSA) is 160 Å². The van der Waals surface area contributed by atoms with Gasteiger partial charge in [0.1, 0.15) is 5.70 Å². The van der Waals surface area contributed by atoms with E-state index in [1.807, 2.05) is 0 Å². The van der Waals surface area contributed by atoms with E-state index in [0.717, 1.165) is 4.90 Å². The maximum atomic E-state index is 13.3. The van der Waals surface area contributed by atoms with Crippen LogP contribution in [0.15, 0.2) is 114 Å². The van der Waals surface area contributed by atoms with Crippen LogP contribution in [0, 0.1) is 10.1 Å². The highest BCUT2D eigenvalue weighted by atomic mass is 32.2. The van der Waals surface area contributed by atoms with Gasteiger partial charge in [0.2, 0.25) is 11.8 Å². The van der Waals surface area contributed by atoms with Crippen LogP contribution < -0.4 is 21.3 Å². The van der Waals surface area contributed by atoms with Gasteiger partial charge in [-0.05, 0) is 72.8 Å². The second kappa shape index (κ2) is 14.9. The molecule has 4 amide bonds. The highest BCUT2D eigenvalue weighted by Gasteiger charge is 2.18. The van der Waals surface area contributed by atoms with E-state index in [2.05, 4.69) is 21.3 Å². The van der Waals surface area contributed by atoms with Gasteiger partial charge in [-0.3, -0.25) is 29.3 Å². The Hall–Kier alpha value is -5.75. The van der Waals surface area contributed by atoms with E-state index in [-0.39, 0.29) is 34.5 Å². The first-order valence-corrected chi connectivity index (χ1v) is 14.2. The summed E-state index contributed by atoms with van der Waals surface area (Å²) in [6.45, 7) is 1.41. The Morgan fingerprint density at radius 1 is 0.750 bits per heavy atom. The van der Waals surface area contributed by atoms with Crippen molar-refractivity contribution in [3.63, 3.8) is 0 Å². The van der Waals surface area contributed by atoms with Crippen LogP contribution >= 0.6 is 11.8 Å². The van der Waals surface area contributed by atoms with Gasteiger partial charge in [-0.1, -0.05) is 30.3 Å². The second-order valence-corrected chi connectivity index (χ2v) is 10.3. The monoisotopic (exact) mass is 609 g/mol. The van der Waals surface area contributed by atoms with Gasteiger partial charge in [0.05, 0.1) is 16.2 Å². The van der Waals surface area contributed by atoms with Gasteiger partial charge < -0.3 is 21.3 Å². The van der Waals surface area contributed by atoms with Crippen LogP contribution in [0.25, 0.3) is 6.08 Å². The maximum absolute atomic E-state index is 13.3. The highest BCUT2D eigenvalue weighted by molar-refractivity contribution is 8.00. The molecule has 4 aromatic carbocycles. The van der Waals surface area contributed by atoms with E-state index in [9.17, 15) is 29.3 Å². The molecule has 0 saturated heterocycles. The van der Waals surface area contributed by atoms with Crippen LogP contribution in [-0.2, 0) is 14.4 Å². The molecule has 4 rings (SSSR count). The summed E-state index contributed by atoms with van der Waals surface area (Å²) < 4.78 is 0. The minimum Gasteiger partial charge on any atom is -0.326 e. The predicted octanol–water partition coefficient (Wildman–Crippen LogP) is 5.69. The predicted molar refractivity (Wildman–Crippen MR) is 170 cm³/mol. The zero-order valence-corrected chi connectivity index (χ0v) is 24.2. The number of rotatable bonds is 11. The maximum Gasteiger partial charge on any atom is 0.276 e. The van der Waals surface area contributed by atoms with E-state index in [4.69, 9.17) is 0 Å². The molecule has 0 aromatic heterocycles. The van der Waals surface area contributed by atoms with Gasteiger partial charge in [0, 0.05) is 40.5 Å². The number of carbonyl (C=O) groups excluding carboxylic acids is 4. The van der Waals surface area contributed by atoms with Gasteiger partial charge in [-0.15, -0.1) is 11.8 Å². The van der Waals surface area contributed by atoms with Gasteiger partial charge >= 0.3 is 0 Å². The number of amides is 4. The van der Waals surface area contributed by atoms with Crippen molar-refractivity contribution in [3.05, 3.63) is 130 Å². The molecule has 0 aliphatic rings. The first kappa shape index (κ1) is 31.2. The fourth-order valence-electron chi connectivity index (χ4n) is 3.89. The Morgan fingerprint density at radius 2 is 1.32 bits per heavy atom. The number of nitro groups is 1. The molecule has 0 fully saturated rings. The zero-order chi connectivity index (χ0) is 31.5. The lowest BCUT2D eigenvalue weighted by Gasteiger charge is -2.12. The largest absolute Gasteiger partial charge is 0.326 e. The number of para-hydroxylation sites is 1. The summed E-state index contributed by atoms with van der Waals surface area (Å²) >= 11 is 1.29. The molecule has 11 nitrogen and oxygen atoms in total. The molecule has 4 N–H and O–H groups in total.